The Morgan fingerprint density at radius 3 is 1.38 bits per heavy atom. The van der Waals surface area contributed by atoms with Crippen molar-refractivity contribution in [1.82, 2.24) is 10.6 Å². The van der Waals surface area contributed by atoms with Gasteiger partial charge in [0.25, 0.3) is 11.8 Å². The number of amides is 2. The van der Waals surface area contributed by atoms with Crippen molar-refractivity contribution in [2.24, 2.45) is 11.8 Å². The monoisotopic (exact) mass is 634 g/mol. The van der Waals surface area contributed by atoms with Gasteiger partial charge < -0.3 is 29.6 Å². The van der Waals surface area contributed by atoms with Crippen LogP contribution in [0.15, 0.2) is 18.2 Å². The van der Waals surface area contributed by atoms with Gasteiger partial charge in [0, 0.05) is 0 Å². The lowest BCUT2D eigenvalue weighted by atomic mass is 10.0. The first-order valence-electron chi connectivity index (χ1n) is 12.2. The number of esters is 2. The lowest BCUT2D eigenvalue weighted by Gasteiger charge is -2.23. The third-order valence-corrected chi connectivity index (χ3v) is 6.36. The van der Waals surface area contributed by atoms with E-state index in [2.05, 4.69) is 10.6 Å². The molecule has 10 nitrogen and oxygen atoms in total. The fourth-order valence-electron chi connectivity index (χ4n) is 3.39. The van der Waals surface area contributed by atoms with E-state index in [1.807, 2.05) is 50.3 Å². The third kappa shape index (κ3) is 10.7. The van der Waals surface area contributed by atoms with E-state index in [1.165, 1.54) is 14.2 Å². The highest BCUT2D eigenvalue weighted by atomic mass is 127. The Balaban J connectivity index is 2.90. The van der Waals surface area contributed by atoms with E-state index >= 15 is 0 Å². The fourth-order valence-corrected chi connectivity index (χ4v) is 4.01. The average molecular weight is 635 g/mol. The van der Waals surface area contributed by atoms with Gasteiger partial charge in [0.05, 0.1) is 17.8 Å². The molecule has 0 heterocycles. The first-order valence-corrected chi connectivity index (χ1v) is 13.3. The first-order chi connectivity index (χ1) is 17.3. The summed E-state index contributed by atoms with van der Waals surface area (Å²) in [6.07, 6.45) is -0.971. The second-order valence-electron chi connectivity index (χ2n) is 9.52. The largest absolute Gasteiger partial charge is 0.480 e. The van der Waals surface area contributed by atoms with Crippen LogP contribution in [0.4, 0.5) is 0 Å². The number of rotatable bonds is 14. The van der Waals surface area contributed by atoms with Crippen molar-refractivity contribution in [3.8, 4) is 11.5 Å². The number of nitrogens with one attached hydrogen (secondary N) is 2. The molecule has 0 spiro atoms. The Labute approximate surface area is 232 Å². The van der Waals surface area contributed by atoms with E-state index in [1.54, 1.807) is 32.0 Å². The van der Waals surface area contributed by atoms with Gasteiger partial charge in [-0.25, -0.2) is 9.59 Å². The number of hydrogen-bond acceptors (Lipinski definition) is 8. The molecule has 0 aliphatic rings. The van der Waals surface area contributed by atoms with Crippen molar-refractivity contribution in [2.45, 2.75) is 78.7 Å². The standard InChI is InChI=1S/C26H39IN2O8/c1-14(2)12-18(25(32)34-7)28-23(30)16(5)36-20-10-9-11-21(22(20)27)37-17(6)24(31)29-19(13-15(3)4)26(33)35-8/h9-11,14-19H,12-13H2,1-8H3,(H,28,30)(H,29,31)/t16-,17-,18-,19-/m0/s1. The topological polar surface area (TPSA) is 129 Å². The summed E-state index contributed by atoms with van der Waals surface area (Å²) >= 11 is 2.01. The van der Waals surface area contributed by atoms with E-state index in [9.17, 15) is 19.2 Å². The molecule has 1 rings (SSSR count). The maximum absolute atomic E-state index is 12.7. The Kier molecular flexibility index (Phi) is 13.7. The van der Waals surface area contributed by atoms with Crippen LogP contribution in [0.2, 0.25) is 0 Å². The van der Waals surface area contributed by atoms with Gasteiger partial charge in [-0.05, 0) is 73.2 Å². The molecule has 4 atom stereocenters. The van der Waals surface area contributed by atoms with Gasteiger partial charge in [0.15, 0.2) is 12.2 Å². The van der Waals surface area contributed by atoms with Crippen LogP contribution in [-0.4, -0.2) is 62.3 Å². The number of methoxy groups -OCH3 is 2. The summed E-state index contributed by atoms with van der Waals surface area (Å²) < 4.78 is 21.8. The summed E-state index contributed by atoms with van der Waals surface area (Å²) in [5.74, 6) is -0.887. The molecular weight excluding hydrogens is 595 g/mol. The summed E-state index contributed by atoms with van der Waals surface area (Å²) in [5, 5.41) is 5.37. The Hall–Kier alpha value is -2.57. The van der Waals surface area contributed by atoms with Crippen molar-refractivity contribution in [3.63, 3.8) is 0 Å². The molecule has 0 fully saturated rings. The summed E-state index contributed by atoms with van der Waals surface area (Å²) in [6.45, 7) is 10.9. The molecule has 0 aliphatic heterocycles. The molecule has 1 aromatic rings. The lowest BCUT2D eigenvalue weighted by Crippen LogP contribution is -2.47. The number of carbonyl (C=O) groups excluding carboxylic acids is 4. The Morgan fingerprint density at radius 1 is 0.730 bits per heavy atom. The second-order valence-corrected chi connectivity index (χ2v) is 10.6. The van der Waals surface area contributed by atoms with E-state index < -0.39 is 48.0 Å². The van der Waals surface area contributed by atoms with Crippen LogP contribution in [0.25, 0.3) is 0 Å². The molecule has 0 saturated heterocycles. The highest BCUT2D eigenvalue weighted by molar-refractivity contribution is 14.1. The number of halogens is 1. The molecule has 0 unspecified atom stereocenters. The van der Waals surface area contributed by atoms with Crippen LogP contribution in [-0.2, 0) is 28.7 Å². The van der Waals surface area contributed by atoms with E-state index in [-0.39, 0.29) is 11.8 Å². The van der Waals surface area contributed by atoms with Gasteiger partial charge in [0.1, 0.15) is 23.6 Å². The van der Waals surface area contributed by atoms with Gasteiger partial charge in [0.2, 0.25) is 0 Å². The smallest absolute Gasteiger partial charge is 0.328 e. The van der Waals surface area contributed by atoms with Gasteiger partial charge in [-0.1, -0.05) is 33.8 Å². The average Bonchev–Trinajstić information content (AvgIpc) is 2.83. The van der Waals surface area contributed by atoms with E-state index in [0.717, 1.165) is 0 Å². The molecule has 2 N–H and O–H groups in total. The minimum atomic E-state index is -0.916. The molecule has 37 heavy (non-hydrogen) atoms. The lowest BCUT2D eigenvalue weighted by molar-refractivity contribution is -0.146. The van der Waals surface area contributed by atoms with Crippen LogP contribution in [0.5, 0.6) is 11.5 Å². The zero-order chi connectivity index (χ0) is 28.3. The maximum atomic E-state index is 12.7. The molecule has 0 aromatic heterocycles. The zero-order valence-electron chi connectivity index (χ0n) is 22.8. The molecule has 0 bridgehead atoms. The maximum Gasteiger partial charge on any atom is 0.328 e. The molecule has 1 aromatic carbocycles. The van der Waals surface area contributed by atoms with Gasteiger partial charge in [-0.2, -0.15) is 0 Å². The molecule has 2 amide bonds. The van der Waals surface area contributed by atoms with Gasteiger partial charge in [-0.3, -0.25) is 9.59 Å². The van der Waals surface area contributed by atoms with Crippen molar-refractivity contribution < 1.29 is 38.1 Å². The predicted octanol–water partition coefficient (Wildman–Crippen LogP) is 3.23. The summed E-state index contributed by atoms with van der Waals surface area (Å²) in [4.78, 5) is 49.5. The van der Waals surface area contributed by atoms with Crippen molar-refractivity contribution >= 4 is 46.3 Å². The van der Waals surface area contributed by atoms with Crippen molar-refractivity contribution in [3.05, 3.63) is 21.8 Å². The highest BCUT2D eigenvalue weighted by Gasteiger charge is 2.28. The molecule has 0 radical (unpaired) electrons. The van der Waals surface area contributed by atoms with Crippen molar-refractivity contribution in [2.75, 3.05) is 14.2 Å². The van der Waals surface area contributed by atoms with Crippen LogP contribution in [0, 0.1) is 15.4 Å². The minimum Gasteiger partial charge on any atom is -0.480 e. The third-order valence-electron chi connectivity index (χ3n) is 5.29. The molecule has 0 aliphatic carbocycles. The number of benzene rings is 1. The first kappa shape index (κ1) is 32.5. The highest BCUT2D eigenvalue weighted by Crippen LogP contribution is 2.31. The minimum absolute atomic E-state index is 0.169. The quantitative estimate of drug-likeness (QED) is 0.236. The second kappa shape index (κ2) is 15.6. The Morgan fingerprint density at radius 2 is 1.08 bits per heavy atom. The normalized spacial score (nSPS) is 14.2. The number of ether oxygens (including phenoxy) is 4. The van der Waals surface area contributed by atoms with Crippen molar-refractivity contribution in [1.29, 1.82) is 0 Å². The van der Waals surface area contributed by atoms with Crippen LogP contribution < -0.4 is 20.1 Å². The van der Waals surface area contributed by atoms with Gasteiger partial charge in [-0.15, -0.1) is 0 Å². The molecular formula is C26H39IN2O8. The van der Waals surface area contributed by atoms with E-state index in [4.69, 9.17) is 18.9 Å². The summed E-state index contributed by atoms with van der Waals surface area (Å²) in [6, 6.07) is 3.46. The fraction of sp³-hybridized carbons (Fsp3) is 0.615. The Bertz CT molecular complexity index is 867. The van der Waals surface area contributed by atoms with E-state index in [0.29, 0.717) is 27.9 Å². The SMILES string of the molecule is COC(=O)[C@H](CC(C)C)NC(=O)[C@H](C)Oc1cccc(O[C@@H](C)C(=O)N[C@@H](CC(C)C)C(=O)OC)c1I. The molecule has 208 valence electrons. The molecule has 0 saturated carbocycles. The predicted molar refractivity (Wildman–Crippen MR) is 146 cm³/mol. The summed E-state index contributed by atoms with van der Waals surface area (Å²) in [5.41, 5.74) is 0. The van der Waals surface area contributed by atoms with Crippen LogP contribution >= 0.6 is 22.6 Å². The number of carbonyl (C=O) groups is 4. The summed E-state index contributed by atoms with van der Waals surface area (Å²) in [7, 11) is 2.55. The number of hydrogen-bond donors (Lipinski definition) is 2. The van der Waals surface area contributed by atoms with Gasteiger partial charge >= 0.3 is 11.9 Å². The van der Waals surface area contributed by atoms with Crippen LogP contribution in [0.3, 0.4) is 0 Å². The van der Waals surface area contributed by atoms with Crippen LogP contribution in [0.1, 0.15) is 54.4 Å². The zero-order valence-corrected chi connectivity index (χ0v) is 24.9. The molecule has 11 heteroatoms.